The molecule has 1 aliphatic rings. The molecule has 0 spiro atoms. The number of esters is 1. The Morgan fingerprint density at radius 3 is 2.65 bits per heavy atom. The Balaban J connectivity index is 1.66. The van der Waals surface area contributed by atoms with Gasteiger partial charge in [0.25, 0.3) is 0 Å². The van der Waals surface area contributed by atoms with Crippen LogP contribution in [0.4, 0.5) is 11.4 Å². The first kappa shape index (κ1) is 17.8. The summed E-state index contributed by atoms with van der Waals surface area (Å²) in [6, 6.07) is 15.9. The van der Waals surface area contributed by atoms with Gasteiger partial charge in [-0.2, -0.15) is 5.26 Å². The highest BCUT2D eigenvalue weighted by atomic mass is 16.5. The van der Waals surface area contributed by atoms with Crippen molar-refractivity contribution < 1.29 is 9.53 Å². The molecule has 0 aliphatic carbocycles. The second-order valence-corrected chi connectivity index (χ2v) is 6.56. The van der Waals surface area contributed by atoms with Crippen LogP contribution >= 0.6 is 0 Å². The van der Waals surface area contributed by atoms with Gasteiger partial charge in [-0.1, -0.05) is 18.2 Å². The van der Waals surface area contributed by atoms with Crippen LogP contribution in [0.1, 0.15) is 34.3 Å². The van der Waals surface area contributed by atoms with Crippen molar-refractivity contribution in [2.75, 3.05) is 30.4 Å². The molecule has 1 saturated heterocycles. The molecule has 0 radical (unpaired) electrons. The van der Waals surface area contributed by atoms with Crippen molar-refractivity contribution in [2.24, 2.45) is 0 Å². The largest absolute Gasteiger partial charge is 0.465 e. The standard InChI is InChI=1S/C21H23N3O2/c1-15-7-8-16(21(25)26-2)13-19(15)23-18-9-11-24(12-10-18)20-6-4-3-5-17(20)14-22/h3-8,13,18,23H,9-12H2,1-2H3. The zero-order valence-corrected chi connectivity index (χ0v) is 15.2. The van der Waals surface area contributed by atoms with Crippen molar-refractivity contribution in [3.05, 3.63) is 59.2 Å². The van der Waals surface area contributed by atoms with E-state index >= 15 is 0 Å². The summed E-state index contributed by atoms with van der Waals surface area (Å²) in [6.45, 7) is 3.82. The third-order valence-electron chi connectivity index (χ3n) is 4.88. The summed E-state index contributed by atoms with van der Waals surface area (Å²) in [5.41, 5.74) is 4.37. The number of ether oxygens (including phenoxy) is 1. The number of anilines is 2. The van der Waals surface area contributed by atoms with Crippen LogP contribution in [0.25, 0.3) is 0 Å². The summed E-state index contributed by atoms with van der Waals surface area (Å²) in [5, 5.41) is 12.9. The van der Waals surface area contributed by atoms with Gasteiger partial charge in [0.1, 0.15) is 6.07 Å². The number of benzene rings is 2. The maximum absolute atomic E-state index is 11.7. The van der Waals surface area contributed by atoms with Crippen LogP contribution < -0.4 is 10.2 Å². The molecule has 2 aromatic rings. The van der Waals surface area contributed by atoms with E-state index in [4.69, 9.17) is 4.74 Å². The Labute approximate surface area is 154 Å². The molecule has 1 fully saturated rings. The van der Waals surface area contributed by atoms with Gasteiger partial charge in [0.05, 0.1) is 23.9 Å². The molecule has 5 nitrogen and oxygen atoms in total. The number of methoxy groups -OCH3 is 1. The lowest BCUT2D eigenvalue weighted by Crippen LogP contribution is -2.39. The summed E-state index contributed by atoms with van der Waals surface area (Å²) < 4.78 is 4.81. The summed E-state index contributed by atoms with van der Waals surface area (Å²) >= 11 is 0. The summed E-state index contributed by atoms with van der Waals surface area (Å²) in [7, 11) is 1.39. The Kier molecular flexibility index (Phi) is 5.43. The topological polar surface area (TPSA) is 65.4 Å². The number of hydrogen-bond acceptors (Lipinski definition) is 5. The number of aryl methyl sites for hydroxylation is 1. The zero-order valence-electron chi connectivity index (χ0n) is 15.2. The second-order valence-electron chi connectivity index (χ2n) is 6.56. The van der Waals surface area contributed by atoms with E-state index in [0.717, 1.165) is 48.4 Å². The minimum absolute atomic E-state index is 0.323. The quantitative estimate of drug-likeness (QED) is 0.852. The fourth-order valence-corrected chi connectivity index (χ4v) is 3.35. The minimum atomic E-state index is -0.323. The molecule has 0 bridgehead atoms. The lowest BCUT2D eigenvalue weighted by atomic mass is 10.0. The highest BCUT2D eigenvalue weighted by molar-refractivity contribution is 5.90. The average Bonchev–Trinajstić information content (AvgIpc) is 2.69. The van der Waals surface area contributed by atoms with Gasteiger partial charge in [-0.25, -0.2) is 4.79 Å². The van der Waals surface area contributed by atoms with Crippen LogP contribution in [0.5, 0.6) is 0 Å². The van der Waals surface area contributed by atoms with Crippen molar-refractivity contribution in [1.29, 1.82) is 5.26 Å². The van der Waals surface area contributed by atoms with Crippen molar-refractivity contribution in [3.8, 4) is 6.07 Å². The number of carbonyl (C=O) groups is 1. The number of carbonyl (C=O) groups excluding carboxylic acids is 1. The zero-order chi connectivity index (χ0) is 18.5. The number of nitrogens with zero attached hydrogens (tertiary/aromatic N) is 2. The van der Waals surface area contributed by atoms with Crippen LogP contribution in [0.15, 0.2) is 42.5 Å². The monoisotopic (exact) mass is 349 g/mol. The molecule has 134 valence electrons. The smallest absolute Gasteiger partial charge is 0.337 e. The van der Waals surface area contributed by atoms with Gasteiger partial charge < -0.3 is 15.0 Å². The van der Waals surface area contributed by atoms with Gasteiger partial charge in [-0.05, 0) is 49.6 Å². The van der Waals surface area contributed by atoms with Crippen LogP contribution in [0, 0.1) is 18.3 Å². The number of para-hydroxylation sites is 1. The second kappa shape index (κ2) is 7.92. The normalized spacial score (nSPS) is 14.6. The molecule has 1 N–H and O–H groups in total. The summed E-state index contributed by atoms with van der Waals surface area (Å²) in [4.78, 5) is 14.0. The third kappa shape index (κ3) is 3.80. The van der Waals surface area contributed by atoms with Crippen molar-refractivity contribution in [2.45, 2.75) is 25.8 Å². The minimum Gasteiger partial charge on any atom is -0.465 e. The summed E-state index contributed by atoms with van der Waals surface area (Å²) in [5.74, 6) is -0.323. The molecule has 1 heterocycles. The molecule has 0 atom stereocenters. The van der Waals surface area contributed by atoms with Crippen molar-refractivity contribution >= 4 is 17.3 Å². The first-order chi connectivity index (χ1) is 12.6. The Morgan fingerprint density at radius 2 is 1.96 bits per heavy atom. The van der Waals surface area contributed by atoms with E-state index in [1.54, 1.807) is 6.07 Å². The molecule has 3 rings (SSSR count). The fraction of sp³-hybridized carbons (Fsp3) is 0.333. The molecule has 0 amide bonds. The lowest BCUT2D eigenvalue weighted by Gasteiger charge is -2.35. The van der Waals surface area contributed by atoms with Gasteiger partial charge in [-0.15, -0.1) is 0 Å². The lowest BCUT2D eigenvalue weighted by molar-refractivity contribution is 0.0601. The molecule has 2 aromatic carbocycles. The van der Waals surface area contributed by atoms with Gasteiger partial charge in [-0.3, -0.25) is 0 Å². The van der Waals surface area contributed by atoms with Gasteiger partial charge in [0.2, 0.25) is 0 Å². The van der Waals surface area contributed by atoms with E-state index in [1.165, 1.54) is 7.11 Å². The number of hydrogen-bond donors (Lipinski definition) is 1. The van der Waals surface area contributed by atoms with E-state index < -0.39 is 0 Å². The Hall–Kier alpha value is -3.00. The Bertz CT molecular complexity index is 833. The van der Waals surface area contributed by atoms with E-state index in [1.807, 2.05) is 43.3 Å². The average molecular weight is 349 g/mol. The molecular weight excluding hydrogens is 326 g/mol. The van der Waals surface area contributed by atoms with Crippen LogP contribution in [-0.4, -0.2) is 32.2 Å². The molecule has 0 aromatic heterocycles. The maximum atomic E-state index is 11.7. The molecule has 0 saturated carbocycles. The third-order valence-corrected chi connectivity index (χ3v) is 4.88. The highest BCUT2D eigenvalue weighted by Gasteiger charge is 2.21. The Morgan fingerprint density at radius 1 is 1.23 bits per heavy atom. The molecule has 26 heavy (non-hydrogen) atoms. The highest BCUT2D eigenvalue weighted by Crippen LogP contribution is 2.26. The first-order valence-corrected chi connectivity index (χ1v) is 8.82. The van der Waals surface area contributed by atoms with E-state index in [-0.39, 0.29) is 5.97 Å². The van der Waals surface area contributed by atoms with Crippen molar-refractivity contribution in [3.63, 3.8) is 0 Å². The van der Waals surface area contributed by atoms with Gasteiger partial charge in [0.15, 0.2) is 0 Å². The first-order valence-electron chi connectivity index (χ1n) is 8.82. The molecule has 1 aliphatic heterocycles. The van der Waals surface area contributed by atoms with E-state index in [9.17, 15) is 10.1 Å². The molecular formula is C21H23N3O2. The SMILES string of the molecule is COC(=O)c1ccc(C)c(NC2CCN(c3ccccc3C#N)CC2)c1. The van der Waals surface area contributed by atoms with Crippen LogP contribution in [0.3, 0.4) is 0 Å². The maximum Gasteiger partial charge on any atom is 0.337 e. The fourth-order valence-electron chi connectivity index (χ4n) is 3.35. The number of nitrogens with one attached hydrogen (secondary N) is 1. The van der Waals surface area contributed by atoms with E-state index in [0.29, 0.717) is 11.6 Å². The van der Waals surface area contributed by atoms with Crippen LogP contribution in [-0.2, 0) is 4.74 Å². The van der Waals surface area contributed by atoms with Crippen LogP contribution in [0.2, 0.25) is 0 Å². The van der Waals surface area contributed by atoms with E-state index in [2.05, 4.69) is 16.3 Å². The summed E-state index contributed by atoms with van der Waals surface area (Å²) in [6.07, 6.45) is 1.95. The predicted octanol–water partition coefficient (Wildman–Crippen LogP) is 3.73. The number of rotatable bonds is 4. The number of piperidine rings is 1. The predicted molar refractivity (Wildman–Crippen MR) is 103 cm³/mol. The van der Waals surface area contributed by atoms with Gasteiger partial charge >= 0.3 is 5.97 Å². The molecule has 5 heteroatoms. The molecule has 0 unspecified atom stereocenters. The number of nitriles is 1. The van der Waals surface area contributed by atoms with Gasteiger partial charge in [0, 0.05) is 24.8 Å². The van der Waals surface area contributed by atoms with Crippen molar-refractivity contribution in [1.82, 2.24) is 0 Å².